The zero-order valence-corrected chi connectivity index (χ0v) is 13.5. The van der Waals surface area contributed by atoms with Crippen LogP contribution in [0.2, 0.25) is 0 Å². The zero-order chi connectivity index (χ0) is 15.2. The molecule has 0 aliphatic carbocycles. The minimum absolute atomic E-state index is 0.998. The molecule has 1 fully saturated rings. The average Bonchev–Trinajstić information content (AvgIpc) is 2.98. The van der Waals surface area contributed by atoms with E-state index >= 15 is 0 Å². The SMILES string of the molecule is Cc1cnn(CCN2CCN(CCc3ccccc3)CC2)c1. The summed E-state index contributed by atoms with van der Waals surface area (Å²) < 4.78 is 2.05. The van der Waals surface area contributed by atoms with Gasteiger partial charge in [-0.15, -0.1) is 0 Å². The lowest BCUT2D eigenvalue weighted by atomic mass is 10.1. The second-order valence-electron chi connectivity index (χ2n) is 6.20. The Morgan fingerprint density at radius 2 is 1.59 bits per heavy atom. The molecule has 1 aliphatic heterocycles. The Bertz CT molecular complexity index is 555. The molecule has 1 aromatic carbocycles. The second kappa shape index (κ2) is 7.56. The van der Waals surface area contributed by atoms with Crippen molar-refractivity contribution in [1.29, 1.82) is 0 Å². The summed E-state index contributed by atoms with van der Waals surface area (Å²) in [5, 5.41) is 4.36. The third-order valence-corrected chi connectivity index (χ3v) is 4.43. The molecule has 4 nitrogen and oxygen atoms in total. The summed E-state index contributed by atoms with van der Waals surface area (Å²) in [6.07, 6.45) is 5.21. The van der Waals surface area contributed by atoms with Crippen LogP contribution in [0.25, 0.3) is 0 Å². The minimum Gasteiger partial charge on any atom is -0.300 e. The Hall–Kier alpha value is -1.65. The smallest absolute Gasteiger partial charge is 0.0536 e. The number of rotatable bonds is 6. The average molecular weight is 298 g/mol. The van der Waals surface area contributed by atoms with Crippen molar-refractivity contribution in [3.8, 4) is 0 Å². The van der Waals surface area contributed by atoms with Gasteiger partial charge in [0.25, 0.3) is 0 Å². The molecule has 4 heteroatoms. The molecule has 0 radical (unpaired) electrons. The number of benzene rings is 1. The van der Waals surface area contributed by atoms with Gasteiger partial charge in [0, 0.05) is 45.5 Å². The van der Waals surface area contributed by atoms with Crippen LogP contribution >= 0.6 is 0 Å². The first-order valence-electron chi connectivity index (χ1n) is 8.27. The van der Waals surface area contributed by atoms with E-state index in [2.05, 4.69) is 63.0 Å². The molecular formula is C18H26N4. The van der Waals surface area contributed by atoms with Gasteiger partial charge in [-0.05, 0) is 24.5 Å². The van der Waals surface area contributed by atoms with Crippen molar-refractivity contribution < 1.29 is 0 Å². The summed E-state index contributed by atoms with van der Waals surface area (Å²) >= 11 is 0. The van der Waals surface area contributed by atoms with Crippen LogP contribution in [0.1, 0.15) is 11.1 Å². The van der Waals surface area contributed by atoms with Crippen LogP contribution in [-0.4, -0.2) is 58.8 Å². The molecule has 0 saturated carbocycles. The zero-order valence-electron chi connectivity index (χ0n) is 13.5. The van der Waals surface area contributed by atoms with Crippen molar-refractivity contribution in [2.45, 2.75) is 19.9 Å². The highest BCUT2D eigenvalue weighted by Gasteiger charge is 2.16. The molecule has 2 heterocycles. The van der Waals surface area contributed by atoms with E-state index in [1.165, 1.54) is 43.9 Å². The van der Waals surface area contributed by atoms with Gasteiger partial charge in [0.05, 0.1) is 12.7 Å². The molecular weight excluding hydrogens is 272 g/mol. The third-order valence-electron chi connectivity index (χ3n) is 4.43. The first-order chi connectivity index (χ1) is 10.8. The van der Waals surface area contributed by atoms with Crippen LogP contribution in [0, 0.1) is 6.92 Å². The van der Waals surface area contributed by atoms with Gasteiger partial charge in [-0.25, -0.2) is 0 Å². The summed E-state index contributed by atoms with van der Waals surface area (Å²) in [6, 6.07) is 10.8. The minimum atomic E-state index is 0.998. The summed E-state index contributed by atoms with van der Waals surface area (Å²) in [5.74, 6) is 0. The Kier molecular flexibility index (Phi) is 5.24. The second-order valence-corrected chi connectivity index (χ2v) is 6.20. The van der Waals surface area contributed by atoms with Crippen LogP contribution in [0.4, 0.5) is 0 Å². The molecule has 3 rings (SSSR count). The predicted molar refractivity (Wildman–Crippen MR) is 90.0 cm³/mol. The van der Waals surface area contributed by atoms with Crippen molar-refractivity contribution in [1.82, 2.24) is 19.6 Å². The number of hydrogen-bond acceptors (Lipinski definition) is 3. The van der Waals surface area contributed by atoms with E-state index in [4.69, 9.17) is 0 Å². The van der Waals surface area contributed by atoms with E-state index in [1.54, 1.807) is 0 Å². The van der Waals surface area contributed by atoms with Gasteiger partial charge in [-0.3, -0.25) is 9.58 Å². The highest BCUT2D eigenvalue weighted by Crippen LogP contribution is 2.06. The number of piperazine rings is 1. The van der Waals surface area contributed by atoms with E-state index in [-0.39, 0.29) is 0 Å². The Balaban J connectivity index is 1.35. The molecule has 0 unspecified atom stereocenters. The molecule has 22 heavy (non-hydrogen) atoms. The number of aryl methyl sites for hydroxylation is 1. The maximum atomic E-state index is 4.36. The van der Waals surface area contributed by atoms with Gasteiger partial charge >= 0.3 is 0 Å². The fraction of sp³-hybridized carbons (Fsp3) is 0.500. The monoisotopic (exact) mass is 298 g/mol. The van der Waals surface area contributed by atoms with Gasteiger partial charge < -0.3 is 4.90 Å². The van der Waals surface area contributed by atoms with Crippen molar-refractivity contribution in [2.75, 3.05) is 39.3 Å². The lowest BCUT2D eigenvalue weighted by molar-refractivity contribution is 0.129. The standard InChI is InChI=1S/C18H26N4/c1-17-15-19-22(16-17)14-13-21-11-9-20(10-12-21)8-7-18-5-3-2-4-6-18/h2-6,15-16H,7-14H2,1H3. The van der Waals surface area contributed by atoms with Crippen LogP contribution in [-0.2, 0) is 13.0 Å². The van der Waals surface area contributed by atoms with Gasteiger partial charge in [0.1, 0.15) is 0 Å². The maximum Gasteiger partial charge on any atom is 0.0536 e. The fourth-order valence-electron chi connectivity index (χ4n) is 3.00. The largest absolute Gasteiger partial charge is 0.300 e. The van der Waals surface area contributed by atoms with Crippen molar-refractivity contribution >= 4 is 0 Å². The molecule has 0 amide bonds. The van der Waals surface area contributed by atoms with Crippen LogP contribution < -0.4 is 0 Å². The van der Waals surface area contributed by atoms with E-state index in [0.29, 0.717) is 0 Å². The topological polar surface area (TPSA) is 24.3 Å². The summed E-state index contributed by atoms with van der Waals surface area (Å²) in [4.78, 5) is 5.14. The van der Waals surface area contributed by atoms with Gasteiger partial charge in [0.15, 0.2) is 0 Å². The maximum absolute atomic E-state index is 4.36. The molecule has 118 valence electrons. The summed E-state index contributed by atoms with van der Waals surface area (Å²) in [6.45, 7) is 10.1. The van der Waals surface area contributed by atoms with Crippen LogP contribution in [0.5, 0.6) is 0 Å². The van der Waals surface area contributed by atoms with E-state index in [9.17, 15) is 0 Å². The van der Waals surface area contributed by atoms with Gasteiger partial charge in [0.2, 0.25) is 0 Å². The molecule has 1 aliphatic rings. The van der Waals surface area contributed by atoms with E-state index in [1.807, 2.05) is 6.20 Å². The molecule has 1 saturated heterocycles. The molecule has 2 aromatic rings. The fourth-order valence-corrected chi connectivity index (χ4v) is 3.00. The summed E-state index contributed by atoms with van der Waals surface area (Å²) in [7, 11) is 0. The van der Waals surface area contributed by atoms with Gasteiger partial charge in [-0.1, -0.05) is 30.3 Å². The van der Waals surface area contributed by atoms with Crippen LogP contribution in [0.3, 0.4) is 0 Å². The Morgan fingerprint density at radius 1 is 0.909 bits per heavy atom. The normalized spacial score (nSPS) is 17.0. The Labute approximate surface area is 133 Å². The van der Waals surface area contributed by atoms with Gasteiger partial charge in [-0.2, -0.15) is 5.10 Å². The Morgan fingerprint density at radius 3 is 2.23 bits per heavy atom. The molecule has 0 N–H and O–H groups in total. The molecule has 0 atom stereocenters. The number of nitrogens with zero attached hydrogens (tertiary/aromatic N) is 4. The van der Waals surface area contributed by atoms with Crippen molar-refractivity contribution in [3.05, 3.63) is 53.9 Å². The molecule has 0 bridgehead atoms. The first kappa shape index (κ1) is 15.3. The number of hydrogen-bond donors (Lipinski definition) is 0. The molecule has 1 aromatic heterocycles. The highest BCUT2D eigenvalue weighted by molar-refractivity contribution is 5.14. The van der Waals surface area contributed by atoms with Crippen LogP contribution in [0.15, 0.2) is 42.7 Å². The third kappa shape index (κ3) is 4.42. The summed E-state index contributed by atoms with van der Waals surface area (Å²) in [5.41, 5.74) is 2.68. The lowest BCUT2D eigenvalue weighted by Crippen LogP contribution is -2.47. The first-order valence-corrected chi connectivity index (χ1v) is 8.27. The van der Waals surface area contributed by atoms with E-state index in [0.717, 1.165) is 19.5 Å². The molecule has 0 spiro atoms. The predicted octanol–water partition coefficient (Wildman–Crippen LogP) is 2.05. The lowest BCUT2D eigenvalue weighted by Gasteiger charge is -2.34. The van der Waals surface area contributed by atoms with E-state index < -0.39 is 0 Å². The highest BCUT2D eigenvalue weighted by atomic mass is 15.3. The van der Waals surface area contributed by atoms with Crippen molar-refractivity contribution in [2.24, 2.45) is 0 Å². The number of aromatic nitrogens is 2. The van der Waals surface area contributed by atoms with Crippen molar-refractivity contribution in [3.63, 3.8) is 0 Å². The quantitative estimate of drug-likeness (QED) is 0.816.